The Balaban J connectivity index is 3.85. The summed E-state index contributed by atoms with van der Waals surface area (Å²) in [5.74, 6) is -1.28. The fourth-order valence-corrected chi connectivity index (χ4v) is 0.881. The Kier molecular flexibility index (Phi) is 5.87. The molecule has 0 radical (unpaired) electrons. The molecule has 1 amide bonds. The van der Waals surface area contributed by atoms with E-state index in [0.29, 0.717) is 6.42 Å². The molecule has 0 spiro atoms. The third-order valence-electron chi connectivity index (χ3n) is 1.71. The monoisotopic (exact) mass is 202 g/mol. The van der Waals surface area contributed by atoms with Gasteiger partial charge in [-0.2, -0.15) is 0 Å². The molecule has 82 valence electrons. The van der Waals surface area contributed by atoms with Crippen molar-refractivity contribution in [3.05, 3.63) is 0 Å². The van der Waals surface area contributed by atoms with E-state index in [4.69, 9.17) is 5.11 Å². The lowest BCUT2D eigenvalue weighted by atomic mass is 10.2. The van der Waals surface area contributed by atoms with E-state index in [1.807, 2.05) is 13.8 Å². The summed E-state index contributed by atoms with van der Waals surface area (Å²) in [4.78, 5) is 21.8. The van der Waals surface area contributed by atoms with Crippen LogP contribution in [0.15, 0.2) is 0 Å². The van der Waals surface area contributed by atoms with Crippen LogP contribution in [-0.2, 0) is 9.59 Å². The van der Waals surface area contributed by atoms with E-state index in [2.05, 4.69) is 10.6 Å². The molecule has 1 atom stereocenters. The van der Waals surface area contributed by atoms with E-state index >= 15 is 0 Å². The maximum absolute atomic E-state index is 11.2. The SMILES string of the molecule is CC[C@H](NC(=O)CNC(C)C)C(=O)O. The quantitative estimate of drug-likeness (QED) is 0.565. The zero-order valence-electron chi connectivity index (χ0n) is 8.83. The van der Waals surface area contributed by atoms with Gasteiger partial charge in [-0.3, -0.25) is 4.79 Å². The number of carboxylic acid groups (broad SMARTS) is 1. The van der Waals surface area contributed by atoms with Gasteiger partial charge in [0.15, 0.2) is 0 Å². The van der Waals surface area contributed by atoms with Gasteiger partial charge in [0.2, 0.25) is 5.91 Å². The lowest BCUT2D eigenvalue weighted by molar-refractivity contribution is -0.141. The van der Waals surface area contributed by atoms with Gasteiger partial charge in [0.25, 0.3) is 0 Å². The normalized spacial score (nSPS) is 12.6. The number of amides is 1. The maximum Gasteiger partial charge on any atom is 0.326 e. The second-order valence-electron chi connectivity index (χ2n) is 3.40. The smallest absolute Gasteiger partial charge is 0.326 e. The number of hydrogen-bond donors (Lipinski definition) is 3. The van der Waals surface area contributed by atoms with Crippen molar-refractivity contribution in [2.24, 2.45) is 0 Å². The first-order chi connectivity index (χ1) is 6.47. The topological polar surface area (TPSA) is 78.4 Å². The number of rotatable bonds is 6. The molecule has 14 heavy (non-hydrogen) atoms. The third-order valence-corrected chi connectivity index (χ3v) is 1.71. The van der Waals surface area contributed by atoms with Crippen molar-refractivity contribution < 1.29 is 14.7 Å². The van der Waals surface area contributed by atoms with Crippen LogP contribution >= 0.6 is 0 Å². The van der Waals surface area contributed by atoms with E-state index < -0.39 is 12.0 Å². The summed E-state index contributed by atoms with van der Waals surface area (Å²) < 4.78 is 0. The number of carbonyl (C=O) groups excluding carboxylic acids is 1. The number of hydrogen-bond acceptors (Lipinski definition) is 3. The summed E-state index contributed by atoms with van der Waals surface area (Å²) in [6, 6.07) is -0.567. The number of nitrogens with one attached hydrogen (secondary N) is 2. The molecule has 0 aromatic carbocycles. The summed E-state index contributed by atoms with van der Waals surface area (Å²) in [7, 11) is 0. The molecule has 0 aliphatic heterocycles. The molecule has 0 aliphatic rings. The zero-order chi connectivity index (χ0) is 11.1. The minimum atomic E-state index is -0.995. The van der Waals surface area contributed by atoms with Crippen LogP contribution in [0, 0.1) is 0 Å². The highest BCUT2D eigenvalue weighted by Crippen LogP contribution is 1.90. The first-order valence-electron chi connectivity index (χ1n) is 4.73. The van der Waals surface area contributed by atoms with Crippen molar-refractivity contribution in [3.63, 3.8) is 0 Å². The van der Waals surface area contributed by atoms with Crippen LogP contribution in [0.5, 0.6) is 0 Å². The number of carbonyl (C=O) groups is 2. The lowest BCUT2D eigenvalue weighted by Gasteiger charge is -2.13. The van der Waals surface area contributed by atoms with Crippen molar-refractivity contribution >= 4 is 11.9 Å². The lowest BCUT2D eigenvalue weighted by Crippen LogP contribution is -2.45. The Morgan fingerprint density at radius 2 is 1.93 bits per heavy atom. The molecule has 3 N–H and O–H groups in total. The highest BCUT2D eigenvalue weighted by atomic mass is 16.4. The van der Waals surface area contributed by atoms with E-state index in [9.17, 15) is 9.59 Å². The molecule has 0 saturated heterocycles. The molecule has 0 unspecified atom stereocenters. The predicted molar refractivity (Wildman–Crippen MR) is 53.0 cm³/mol. The summed E-state index contributed by atoms with van der Waals surface area (Å²) in [6.07, 6.45) is 0.392. The van der Waals surface area contributed by atoms with Crippen LogP contribution in [0.2, 0.25) is 0 Å². The van der Waals surface area contributed by atoms with Gasteiger partial charge in [0, 0.05) is 6.04 Å². The summed E-state index contributed by atoms with van der Waals surface area (Å²) in [5, 5.41) is 14.0. The average Bonchev–Trinajstić information content (AvgIpc) is 2.10. The van der Waals surface area contributed by atoms with Crippen molar-refractivity contribution in [2.45, 2.75) is 39.3 Å². The number of aliphatic carboxylic acids is 1. The van der Waals surface area contributed by atoms with Gasteiger partial charge in [0.1, 0.15) is 6.04 Å². The van der Waals surface area contributed by atoms with Crippen molar-refractivity contribution in [1.82, 2.24) is 10.6 Å². The highest BCUT2D eigenvalue weighted by Gasteiger charge is 2.16. The van der Waals surface area contributed by atoms with Crippen LogP contribution in [0.1, 0.15) is 27.2 Å². The van der Waals surface area contributed by atoms with Gasteiger partial charge >= 0.3 is 5.97 Å². The Morgan fingerprint density at radius 1 is 1.36 bits per heavy atom. The Hall–Kier alpha value is -1.10. The summed E-state index contributed by atoms with van der Waals surface area (Å²) >= 11 is 0. The molecule has 0 fully saturated rings. The van der Waals surface area contributed by atoms with Crippen LogP contribution in [0.25, 0.3) is 0 Å². The molecule has 0 aromatic rings. The fraction of sp³-hybridized carbons (Fsp3) is 0.778. The fourth-order valence-electron chi connectivity index (χ4n) is 0.881. The third kappa shape index (κ3) is 5.53. The molecular weight excluding hydrogens is 184 g/mol. The first-order valence-corrected chi connectivity index (χ1v) is 4.73. The molecule has 0 rings (SSSR count). The second-order valence-corrected chi connectivity index (χ2v) is 3.40. The van der Waals surface area contributed by atoms with Crippen molar-refractivity contribution in [2.75, 3.05) is 6.54 Å². The van der Waals surface area contributed by atoms with Crippen LogP contribution in [0.3, 0.4) is 0 Å². The zero-order valence-corrected chi connectivity index (χ0v) is 8.83. The van der Waals surface area contributed by atoms with Crippen LogP contribution < -0.4 is 10.6 Å². The molecule has 0 saturated carbocycles. The van der Waals surface area contributed by atoms with Crippen LogP contribution in [0.4, 0.5) is 0 Å². The van der Waals surface area contributed by atoms with Crippen LogP contribution in [-0.4, -0.2) is 35.6 Å². The van der Waals surface area contributed by atoms with Crippen molar-refractivity contribution in [3.8, 4) is 0 Å². The minimum absolute atomic E-state index is 0.154. The van der Waals surface area contributed by atoms with Gasteiger partial charge in [0.05, 0.1) is 6.54 Å². The molecule has 0 aliphatic carbocycles. The Bertz CT molecular complexity index is 204. The molecule has 0 aromatic heterocycles. The Labute approximate surface area is 83.9 Å². The van der Waals surface area contributed by atoms with E-state index in [-0.39, 0.29) is 18.5 Å². The van der Waals surface area contributed by atoms with Gasteiger partial charge in [-0.05, 0) is 6.42 Å². The molecule has 5 nitrogen and oxygen atoms in total. The number of carboxylic acids is 1. The van der Waals surface area contributed by atoms with Gasteiger partial charge < -0.3 is 15.7 Å². The van der Waals surface area contributed by atoms with Gasteiger partial charge in [-0.1, -0.05) is 20.8 Å². The first kappa shape index (κ1) is 12.9. The molecule has 0 heterocycles. The molecule has 0 bridgehead atoms. The van der Waals surface area contributed by atoms with E-state index in [0.717, 1.165) is 0 Å². The van der Waals surface area contributed by atoms with Gasteiger partial charge in [-0.25, -0.2) is 4.79 Å². The summed E-state index contributed by atoms with van der Waals surface area (Å²) in [5.41, 5.74) is 0. The van der Waals surface area contributed by atoms with Gasteiger partial charge in [-0.15, -0.1) is 0 Å². The maximum atomic E-state index is 11.2. The summed E-state index contributed by atoms with van der Waals surface area (Å²) in [6.45, 7) is 5.71. The standard InChI is InChI=1S/C9H18N2O3/c1-4-7(9(13)14)11-8(12)5-10-6(2)3/h6-7,10H,4-5H2,1-3H3,(H,11,12)(H,13,14)/t7-/m0/s1. The van der Waals surface area contributed by atoms with E-state index in [1.54, 1.807) is 6.92 Å². The second kappa shape index (κ2) is 6.37. The molecular formula is C9H18N2O3. The molecule has 5 heteroatoms. The minimum Gasteiger partial charge on any atom is -0.480 e. The highest BCUT2D eigenvalue weighted by molar-refractivity contribution is 5.84. The average molecular weight is 202 g/mol. The Morgan fingerprint density at radius 3 is 2.29 bits per heavy atom. The predicted octanol–water partition coefficient (Wildman–Crippen LogP) is -0.0362. The van der Waals surface area contributed by atoms with E-state index in [1.165, 1.54) is 0 Å². The van der Waals surface area contributed by atoms with Crippen molar-refractivity contribution in [1.29, 1.82) is 0 Å². The largest absolute Gasteiger partial charge is 0.480 e.